The first-order valence-corrected chi connectivity index (χ1v) is 5.68. The summed E-state index contributed by atoms with van der Waals surface area (Å²) in [6, 6.07) is 0. The largest absolute Gasteiger partial charge is 0.306 e. The molecule has 4 heteroatoms. The molecule has 0 radical (unpaired) electrons. The number of rotatable bonds is 2. The van der Waals surface area contributed by atoms with Crippen LogP contribution < -0.4 is 0 Å². The smallest absolute Gasteiger partial charge is 0.0623 e. The van der Waals surface area contributed by atoms with Crippen LogP contribution in [0.3, 0.4) is 0 Å². The van der Waals surface area contributed by atoms with Gasteiger partial charge in [-0.15, -0.1) is 0 Å². The molecule has 2 heterocycles. The zero-order valence-corrected chi connectivity index (χ0v) is 9.94. The summed E-state index contributed by atoms with van der Waals surface area (Å²) in [4.78, 5) is 2.39. The van der Waals surface area contributed by atoms with E-state index in [1.165, 1.54) is 23.1 Å². The fourth-order valence-electron chi connectivity index (χ4n) is 1.88. The number of hydrogen-bond acceptors (Lipinski definition) is 2. The van der Waals surface area contributed by atoms with Crippen LogP contribution in [-0.4, -0.2) is 34.8 Å². The maximum atomic E-state index is 4.29. The Morgan fingerprint density at radius 2 is 2.54 bits per heavy atom. The van der Waals surface area contributed by atoms with Crippen molar-refractivity contribution in [3.8, 4) is 0 Å². The third kappa shape index (κ3) is 2.43. The van der Waals surface area contributed by atoms with Gasteiger partial charge in [0.15, 0.2) is 0 Å². The first-order valence-electron chi connectivity index (χ1n) is 4.60. The van der Waals surface area contributed by atoms with E-state index < -0.39 is 0 Å². The molecule has 1 aromatic rings. The maximum absolute atomic E-state index is 4.29. The molecule has 13 heavy (non-hydrogen) atoms. The van der Waals surface area contributed by atoms with Crippen LogP contribution in [-0.2, 0) is 6.54 Å². The molecular weight excluding hydrogens is 277 g/mol. The zero-order valence-electron chi connectivity index (χ0n) is 7.78. The number of nitrogens with zero attached hydrogens (tertiary/aromatic N) is 3. The van der Waals surface area contributed by atoms with Crippen LogP contribution in [0.4, 0.5) is 0 Å². The third-order valence-corrected chi connectivity index (χ3v) is 3.09. The molecule has 1 fully saturated rings. The molecular formula is C9H14IN3. The minimum atomic E-state index is 0.792. The van der Waals surface area contributed by atoms with Crippen LogP contribution in [0.25, 0.3) is 0 Å². The average Bonchev–Trinajstić information content (AvgIpc) is 2.62. The molecule has 1 aromatic heterocycles. The summed E-state index contributed by atoms with van der Waals surface area (Å²) in [6.07, 6.45) is 5.34. The van der Waals surface area contributed by atoms with Crippen LogP contribution in [0.1, 0.15) is 6.42 Å². The number of halogens is 1. The summed E-state index contributed by atoms with van der Waals surface area (Å²) >= 11 is 2.30. The van der Waals surface area contributed by atoms with Crippen molar-refractivity contribution in [1.29, 1.82) is 0 Å². The van der Waals surface area contributed by atoms with Crippen LogP contribution in [0.15, 0.2) is 12.4 Å². The molecule has 72 valence electrons. The van der Waals surface area contributed by atoms with Crippen LogP contribution in [0.2, 0.25) is 0 Å². The van der Waals surface area contributed by atoms with Crippen molar-refractivity contribution < 1.29 is 0 Å². The van der Waals surface area contributed by atoms with Gasteiger partial charge >= 0.3 is 0 Å². The second-order valence-corrected chi connectivity index (χ2v) is 5.04. The van der Waals surface area contributed by atoms with Crippen LogP contribution >= 0.6 is 22.6 Å². The minimum absolute atomic E-state index is 0.792. The lowest BCUT2D eigenvalue weighted by molar-refractivity contribution is 0.370. The Labute approximate surface area is 92.2 Å². The lowest BCUT2D eigenvalue weighted by Crippen LogP contribution is -2.17. The maximum Gasteiger partial charge on any atom is 0.0623 e. The van der Waals surface area contributed by atoms with E-state index in [-0.39, 0.29) is 0 Å². The Balaban J connectivity index is 1.91. The van der Waals surface area contributed by atoms with Crippen molar-refractivity contribution in [2.75, 3.05) is 20.1 Å². The summed E-state index contributed by atoms with van der Waals surface area (Å²) in [7, 11) is 2.19. The van der Waals surface area contributed by atoms with Gasteiger partial charge in [0.05, 0.1) is 9.77 Å². The van der Waals surface area contributed by atoms with Crippen molar-refractivity contribution in [3.63, 3.8) is 0 Å². The lowest BCUT2D eigenvalue weighted by Gasteiger charge is -2.09. The third-order valence-electron chi connectivity index (χ3n) is 2.54. The molecule has 0 N–H and O–H groups in total. The number of hydrogen-bond donors (Lipinski definition) is 0. The van der Waals surface area contributed by atoms with E-state index in [9.17, 15) is 0 Å². The quantitative estimate of drug-likeness (QED) is 0.769. The molecule has 1 aliphatic heterocycles. The molecule has 0 spiro atoms. The Morgan fingerprint density at radius 1 is 1.69 bits per heavy atom. The van der Waals surface area contributed by atoms with Gasteiger partial charge in [-0.05, 0) is 48.5 Å². The lowest BCUT2D eigenvalue weighted by atomic mass is 10.1. The van der Waals surface area contributed by atoms with Gasteiger partial charge in [0.2, 0.25) is 0 Å². The van der Waals surface area contributed by atoms with E-state index >= 15 is 0 Å². The van der Waals surface area contributed by atoms with Crippen LogP contribution in [0.5, 0.6) is 0 Å². The van der Waals surface area contributed by atoms with E-state index in [2.05, 4.69) is 50.5 Å². The van der Waals surface area contributed by atoms with E-state index in [1.807, 2.05) is 6.20 Å². The second kappa shape index (κ2) is 3.96. The van der Waals surface area contributed by atoms with E-state index in [4.69, 9.17) is 0 Å². The first-order chi connectivity index (χ1) is 6.24. The van der Waals surface area contributed by atoms with Crippen molar-refractivity contribution in [2.24, 2.45) is 5.92 Å². The van der Waals surface area contributed by atoms with Gasteiger partial charge in [-0.3, -0.25) is 4.68 Å². The van der Waals surface area contributed by atoms with Gasteiger partial charge < -0.3 is 4.90 Å². The molecule has 0 amide bonds. The highest BCUT2D eigenvalue weighted by atomic mass is 127. The van der Waals surface area contributed by atoms with E-state index in [0.717, 1.165) is 12.5 Å². The van der Waals surface area contributed by atoms with E-state index in [0.29, 0.717) is 0 Å². The molecule has 0 saturated carbocycles. The molecule has 1 atom stereocenters. The molecule has 0 aliphatic carbocycles. The van der Waals surface area contributed by atoms with Crippen molar-refractivity contribution in [2.45, 2.75) is 13.0 Å². The fraction of sp³-hybridized carbons (Fsp3) is 0.667. The summed E-state index contributed by atoms with van der Waals surface area (Å²) in [6.45, 7) is 3.53. The predicted molar refractivity (Wildman–Crippen MR) is 60.5 cm³/mol. The highest BCUT2D eigenvalue weighted by molar-refractivity contribution is 14.1. The summed E-state index contributed by atoms with van der Waals surface area (Å²) in [5.74, 6) is 0.792. The molecule has 2 rings (SSSR count). The summed E-state index contributed by atoms with van der Waals surface area (Å²) in [5.41, 5.74) is 0. The van der Waals surface area contributed by atoms with Gasteiger partial charge in [0, 0.05) is 19.3 Å². The fourth-order valence-corrected chi connectivity index (χ4v) is 2.32. The highest BCUT2D eigenvalue weighted by Gasteiger charge is 2.19. The summed E-state index contributed by atoms with van der Waals surface area (Å²) in [5, 5.41) is 4.29. The molecule has 1 aliphatic rings. The average molecular weight is 291 g/mol. The number of likely N-dealkylation sites (tertiary alicyclic amines) is 1. The minimum Gasteiger partial charge on any atom is -0.306 e. The second-order valence-electron chi connectivity index (χ2n) is 3.80. The van der Waals surface area contributed by atoms with Gasteiger partial charge in [-0.2, -0.15) is 5.10 Å². The van der Waals surface area contributed by atoms with Gasteiger partial charge in [0.25, 0.3) is 0 Å². The first kappa shape index (κ1) is 9.45. The van der Waals surface area contributed by atoms with Crippen LogP contribution in [0, 0.1) is 9.49 Å². The van der Waals surface area contributed by atoms with Gasteiger partial charge in [0.1, 0.15) is 0 Å². The molecule has 1 saturated heterocycles. The molecule has 0 bridgehead atoms. The van der Waals surface area contributed by atoms with Crippen molar-refractivity contribution in [1.82, 2.24) is 14.7 Å². The Morgan fingerprint density at radius 3 is 3.08 bits per heavy atom. The molecule has 0 aromatic carbocycles. The topological polar surface area (TPSA) is 21.1 Å². The van der Waals surface area contributed by atoms with Gasteiger partial charge in [-0.1, -0.05) is 0 Å². The normalized spacial score (nSPS) is 24.0. The summed E-state index contributed by atoms with van der Waals surface area (Å²) < 4.78 is 3.29. The van der Waals surface area contributed by atoms with E-state index in [1.54, 1.807) is 0 Å². The predicted octanol–water partition coefficient (Wildman–Crippen LogP) is 1.44. The highest BCUT2D eigenvalue weighted by Crippen LogP contribution is 2.16. The van der Waals surface area contributed by atoms with Crippen molar-refractivity contribution >= 4 is 22.6 Å². The zero-order chi connectivity index (χ0) is 9.26. The Kier molecular flexibility index (Phi) is 2.88. The SMILES string of the molecule is CN1CC[C@@H](Cn2cc(I)cn2)C1. The molecule has 0 unspecified atom stereocenters. The number of aromatic nitrogens is 2. The van der Waals surface area contributed by atoms with Crippen molar-refractivity contribution in [3.05, 3.63) is 16.0 Å². The Hall–Kier alpha value is -0.100. The molecule has 3 nitrogen and oxygen atoms in total. The Bertz CT molecular complexity index is 284. The van der Waals surface area contributed by atoms with Gasteiger partial charge in [-0.25, -0.2) is 0 Å². The monoisotopic (exact) mass is 291 g/mol. The standard InChI is InChI=1S/C9H14IN3/c1-12-3-2-8(5-12)6-13-7-9(10)4-11-13/h4,7-8H,2-3,5-6H2,1H3/t8-/m1/s1.